The summed E-state index contributed by atoms with van der Waals surface area (Å²) in [6, 6.07) is 0. The number of nitrogens with one attached hydrogen (secondary N) is 1. The fourth-order valence-corrected chi connectivity index (χ4v) is 1.27. The van der Waals surface area contributed by atoms with E-state index in [4.69, 9.17) is 10.9 Å². The van der Waals surface area contributed by atoms with E-state index >= 15 is 0 Å². The van der Waals surface area contributed by atoms with Crippen LogP contribution >= 0.6 is 0 Å². The van der Waals surface area contributed by atoms with E-state index in [9.17, 15) is 4.79 Å². The first kappa shape index (κ1) is 13.7. The standard InChI is InChI=1S/C10H21N3O2/c1-3-5-8(2)10(14)12-7-4-6-9(11)13-15/h8,15H,3-7H2,1-2H3,(H2,11,13)(H,12,14). The van der Waals surface area contributed by atoms with Gasteiger partial charge in [-0.1, -0.05) is 25.4 Å². The second-order valence-corrected chi connectivity index (χ2v) is 3.68. The minimum absolute atomic E-state index is 0.0684. The van der Waals surface area contributed by atoms with Crippen molar-refractivity contribution in [3.63, 3.8) is 0 Å². The van der Waals surface area contributed by atoms with Crippen LogP contribution in [0.4, 0.5) is 0 Å². The van der Waals surface area contributed by atoms with Crippen LogP contribution in [0.2, 0.25) is 0 Å². The van der Waals surface area contributed by atoms with Gasteiger partial charge in [-0.05, 0) is 12.8 Å². The molecule has 0 bridgehead atoms. The van der Waals surface area contributed by atoms with Crippen molar-refractivity contribution in [2.75, 3.05) is 6.54 Å². The molecule has 0 aromatic carbocycles. The molecule has 0 aromatic heterocycles. The Labute approximate surface area is 90.7 Å². The van der Waals surface area contributed by atoms with Crippen molar-refractivity contribution < 1.29 is 10.0 Å². The monoisotopic (exact) mass is 215 g/mol. The van der Waals surface area contributed by atoms with Gasteiger partial charge in [-0.15, -0.1) is 0 Å². The van der Waals surface area contributed by atoms with E-state index < -0.39 is 0 Å². The van der Waals surface area contributed by atoms with Crippen LogP contribution in [0, 0.1) is 5.92 Å². The Morgan fingerprint density at radius 1 is 1.60 bits per heavy atom. The van der Waals surface area contributed by atoms with Crippen molar-refractivity contribution in [1.82, 2.24) is 5.32 Å². The lowest BCUT2D eigenvalue weighted by molar-refractivity contribution is -0.124. The third-order valence-corrected chi connectivity index (χ3v) is 2.21. The first-order chi connectivity index (χ1) is 7.11. The molecule has 0 aromatic rings. The zero-order valence-electron chi connectivity index (χ0n) is 9.49. The first-order valence-electron chi connectivity index (χ1n) is 5.35. The summed E-state index contributed by atoms with van der Waals surface area (Å²) in [5.74, 6) is 0.348. The lowest BCUT2D eigenvalue weighted by Gasteiger charge is -2.10. The Bertz CT molecular complexity index is 217. The maximum Gasteiger partial charge on any atom is 0.222 e. The molecule has 0 aliphatic rings. The quantitative estimate of drug-likeness (QED) is 0.195. The molecule has 88 valence electrons. The number of carbonyl (C=O) groups excluding carboxylic acids is 1. The second kappa shape index (κ2) is 8.08. The molecule has 1 unspecified atom stereocenters. The Hall–Kier alpha value is -1.26. The van der Waals surface area contributed by atoms with E-state index in [1.807, 2.05) is 6.92 Å². The molecule has 0 fully saturated rings. The van der Waals surface area contributed by atoms with Gasteiger partial charge in [0, 0.05) is 18.9 Å². The topological polar surface area (TPSA) is 87.7 Å². The average Bonchev–Trinajstić information content (AvgIpc) is 2.23. The van der Waals surface area contributed by atoms with Gasteiger partial charge in [0.1, 0.15) is 5.84 Å². The van der Waals surface area contributed by atoms with E-state index in [0.29, 0.717) is 19.4 Å². The fourth-order valence-electron chi connectivity index (χ4n) is 1.27. The van der Waals surface area contributed by atoms with Crippen LogP contribution in [0.25, 0.3) is 0 Å². The molecule has 0 saturated carbocycles. The predicted molar refractivity (Wildman–Crippen MR) is 59.7 cm³/mol. The summed E-state index contributed by atoms with van der Waals surface area (Å²) in [4.78, 5) is 11.4. The molecule has 0 radical (unpaired) electrons. The van der Waals surface area contributed by atoms with E-state index in [1.54, 1.807) is 0 Å². The number of hydrogen-bond acceptors (Lipinski definition) is 3. The fraction of sp³-hybridized carbons (Fsp3) is 0.800. The third-order valence-electron chi connectivity index (χ3n) is 2.21. The van der Waals surface area contributed by atoms with Crippen molar-refractivity contribution in [3.05, 3.63) is 0 Å². The van der Waals surface area contributed by atoms with Gasteiger partial charge < -0.3 is 16.3 Å². The maximum atomic E-state index is 11.4. The molecular weight excluding hydrogens is 194 g/mol. The molecule has 4 N–H and O–H groups in total. The molecule has 5 nitrogen and oxygen atoms in total. The molecule has 0 rings (SSSR count). The van der Waals surface area contributed by atoms with Gasteiger partial charge in [-0.25, -0.2) is 0 Å². The number of hydrogen-bond donors (Lipinski definition) is 3. The SMILES string of the molecule is CCCC(C)C(=O)NCCCC(N)=NO. The zero-order valence-corrected chi connectivity index (χ0v) is 9.49. The molecule has 0 spiro atoms. The molecule has 0 saturated heterocycles. The summed E-state index contributed by atoms with van der Waals surface area (Å²) in [6.07, 6.45) is 3.12. The smallest absolute Gasteiger partial charge is 0.222 e. The summed E-state index contributed by atoms with van der Waals surface area (Å²) in [5, 5.41) is 13.9. The largest absolute Gasteiger partial charge is 0.409 e. The number of oxime groups is 1. The van der Waals surface area contributed by atoms with Crippen LogP contribution in [0.5, 0.6) is 0 Å². The van der Waals surface area contributed by atoms with Gasteiger partial charge in [-0.3, -0.25) is 4.79 Å². The second-order valence-electron chi connectivity index (χ2n) is 3.68. The lowest BCUT2D eigenvalue weighted by Crippen LogP contribution is -2.30. The normalized spacial score (nSPS) is 13.6. The molecule has 1 amide bonds. The average molecular weight is 215 g/mol. The Morgan fingerprint density at radius 3 is 2.80 bits per heavy atom. The Balaban J connectivity index is 3.55. The summed E-state index contributed by atoms with van der Waals surface area (Å²) < 4.78 is 0. The summed E-state index contributed by atoms with van der Waals surface area (Å²) >= 11 is 0. The summed E-state index contributed by atoms with van der Waals surface area (Å²) in [7, 11) is 0. The highest BCUT2D eigenvalue weighted by Crippen LogP contribution is 2.04. The number of carbonyl (C=O) groups is 1. The number of amidine groups is 1. The van der Waals surface area contributed by atoms with Crippen molar-refractivity contribution in [1.29, 1.82) is 0 Å². The van der Waals surface area contributed by atoms with Gasteiger partial charge >= 0.3 is 0 Å². The van der Waals surface area contributed by atoms with E-state index in [0.717, 1.165) is 12.8 Å². The van der Waals surface area contributed by atoms with Crippen molar-refractivity contribution in [2.45, 2.75) is 39.5 Å². The Morgan fingerprint density at radius 2 is 2.27 bits per heavy atom. The molecule has 0 aliphatic carbocycles. The summed E-state index contributed by atoms with van der Waals surface area (Å²) in [5.41, 5.74) is 5.28. The molecule has 0 aliphatic heterocycles. The van der Waals surface area contributed by atoms with Crippen molar-refractivity contribution in [2.24, 2.45) is 16.8 Å². The minimum atomic E-state index is 0.0684. The van der Waals surface area contributed by atoms with Crippen LogP contribution < -0.4 is 11.1 Å². The molecule has 1 atom stereocenters. The van der Waals surface area contributed by atoms with Crippen LogP contribution in [0.3, 0.4) is 0 Å². The maximum absolute atomic E-state index is 11.4. The number of amides is 1. The molecule has 0 heterocycles. The number of rotatable bonds is 7. The van der Waals surface area contributed by atoms with E-state index in [2.05, 4.69) is 17.4 Å². The van der Waals surface area contributed by atoms with E-state index in [-0.39, 0.29) is 17.7 Å². The minimum Gasteiger partial charge on any atom is -0.409 e. The van der Waals surface area contributed by atoms with Gasteiger partial charge in [0.2, 0.25) is 5.91 Å². The van der Waals surface area contributed by atoms with Crippen LogP contribution in [0.15, 0.2) is 5.16 Å². The first-order valence-corrected chi connectivity index (χ1v) is 5.35. The highest BCUT2D eigenvalue weighted by atomic mass is 16.4. The lowest BCUT2D eigenvalue weighted by atomic mass is 10.1. The van der Waals surface area contributed by atoms with Crippen LogP contribution in [0.1, 0.15) is 39.5 Å². The predicted octanol–water partition coefficient (Wildman–Crippen LogP) is 1.07. The molecule has 15 heavy (non-hydrogen) atoms. The number of nitrogens with two attached hydrogens (primary N) is 1. The van der Waals surface area contributed by atoms with Gasteiger partial charge in [0.15, 0.2) is 0 Å². The van der Waals surface area contributed by atoms with Crippen LogP contribution in [-0.4, -0.2) is 23.5 Å². The highest BCUT2D eigenvalue weighted by molar-refractivity contribution is 5.80. The zero-order chi connectivity index (χ0) is 11.7. The van der Waals surface area contributed by atoms with Gasteiger partial charge in [0.05, 0.1) is 0 Å². The number of nitrogens with zero attached hydrogens (tertiary/aromatic N) is 1. The molecular formula is C10H21N3O2. The Kier molecular flexibility index (Phi) is 7.40. The van der Waals surface area contributed by atoms with Gasteiger partial charge in [0.25, 0.3) is 0 Å². The van der Waals surface area contributed by atoms with Crippen molar-refractivity contribution >= 4 is 11.7 Å². The van der Waals surface area contributed by atoms with E-state index in [1.165, 1.54) is 0 Å². The third kappa shape index (κ3) is 6.76. The summed E-state index contributed by atoms with van der Waals surface area (Å²) in [6.45, 7) is 4.55. The van der Waals surface area contributed by atoms with Crippen molar-refractivity contribution in [3.8, 4) is 0 Å². The van der Waals surface area contributed by atoms with Gasteiger partial charge in [-0.2, -0.15) is 0 Å². The molecule has 5 heteroatoms. The van der Waals surface area contributed by atoms with Crippen LogP contribution in [-0.2, 0) is 4.79 Å². The highest BCUT2D eigenvalue weighted by Gasteiger charge is 2.10.